The van der Waals surface area contributed by atoms with E-state index in [-0.39, 0.29) is 30.7 Å². The van der Waals surface area contributed by atoms with Crippen LogP contribution in [-0.4, -0.2) is 44.0 Å². The molecule has 1 aliphatic heterocycles. The van der Waals surface area contributed by atoms with Crippen LogP contribution in [0.15, 0.2) is 0 Å². The van der Waals surface area contributed by atoms with E-state index in [1.54, 1.807) is 0 Å². The number of likely N-dealkylation sites (tertiary alicyclic amines) is 1. The highest BCUT2D eigenvalue weighted by Crippen LogP contribution is 2.18. The fraction of sp³-hybridized carbons (Fsp3) is 0.917. The van der Waals surface area contributed by atoms with E-state index < -0.39 is 0 Å². The molecule has 1 saturated heterocycles. The molecule has 0 aromatic carbocycles. The molecule has 18 heavy (non-hydrogen) atoms. The van der Waals surface area contributed by atoms with Crippen LogP contribution in [0.2, 0.25) is 0 Å². The molecule has 0 radical (unpaired) electrons. The zero-order chi connectivity index (χ0) is 11.8. The van der Waals surface area contributed by atoms with E-state index in [1.807, 2.05) is 0 Å². The molecule has 3 N–H and O–H groups in total. The number of amides is 1. The largest absolute Gasteiger partial charge is 0.356 e. The van der Waals surface area contributed by atoms with Crippen LogP contribution in [0, 0.1) is 5.92 Å². The Hall–Kier alpha value is -0.0300. The van der Waals surface area contributed by atoms with Crippen LogP contribution in [0.3, 0.4) is 0 Å². The van der Waals surface area contributed by atoms with E-state index in [0.29, 0.717) is 13.0 Å². The Bertz CT molecular complexity index is 209. The molecule has 1 rings (SSSR count). The maximum absolute atomic E-state index is 11.3. The van der Waals surface area contributed by atoms with Crippen molar-refractivity contribution >= 4 is 30.7 Å². The Morgan fingerprint density at radius 3 is 2.50 bits per heavy atom. The first-order chi connectivity index (χ1) is 7.72. The van der Waals surface area contributed by atoms with Crippen LogP contribution in [0.4, 0.5) is 0 Å². The number of halogens is 2. The number of carbonyl (C=O) groups is 1. The summed E-state index contributed by atoms with van der Waals surface area (Å²) in [6.45, 7) is 3.83. The molecule has 0 unspecified atom stereocenters. The number of piperidine rings is 1. The van der Waals surface area contributed by atoms with Gasteiger partial charge in [-0.05, 0) is 58.3 Å². The van der Waals surface area contributed by atoms with Crippen LogP contribution >= 0.6 is 24.8 Å². The zero-order valence-electron chi connectivity index (χ0n) is 11.2. The summed E-state index contributed by atoms with van der Waals surface area (Å²) in [7, 11) is 2.17. The third-order valence-corrected chi connectivity index (χ3v) is 3.32. The van der Waals surface area contributed by atoms with Gasteiger partial charge in [-0.2, -0.15) is 0 Å². The number of rotatable bonds is 6. The number of hydrogen-bond donors (Lipinski definition) is 2. The molecule has 0 aromatic rings. The van der Waals surface area contributed by atoms with Crippen molar-refractivity contribution in [2.45, 2.75) is 32.1 Å². The first kappa shape index (κ1) is 20.3. The second kappa shape index (κ2) is 12.0. The monoisotopic (exact) mass is 299 g/mol. The van der Waals surface area contributed by atoms with Crippen molar-refractivity contribution in [2.75, 3.05) is 33.2 Å². The van der Waals surface area contributed by atoms with E-state index in [0.717, 1.165) is 25.3 Å². The van der Waals surface area contributed by atoms with E-state index in [1.165, 1.54) is 25.9 Å². The second-order valence-corrected chi connectivity index (χ2v) is 4.78. The first-order valence-electron chi connectivity index (χ1n) is 6.37. The van der Waals surface area contributed by atoms with Gasteiger partial charge in [-0.3, -0.25) is 4.79 Å². The Kier molecular flexibility index (Phi) is 13.6. The highest BCUT2D eigenvalue weighted by atomic mass is 35.5. The van der Waals surface area contributed by atoms with Crippen LogP contribution in [-0.2, 0) is 4.79 Å². The fourth-order valence-electron chi connectivity index (χ4n) is 2.12. The lowest BCUT2D eigenvalue weighted by Gasteiger charge is -2.28. The molecular weight excluding hydrogens is 273 g/mol. The number of carbonyl (C=O) groups excluding carboxylic acids is 1. The van der Waals surface area contributed by atoms with Crippen LogP contribution in [0.25, 0.3) is 0 Å². The highest BCUT2D eigenvalue weighted by molar-refractivity contribution is 5.85. The standard InChI is InChI=1S/C12H25N3O.2ClH/c1-15-9-5-11(6-10-15)4-8-14-12(16)3-2-7-13;;/h11H,2-10,13H2,1H3,(H,14,16);2*1H. The molecule has 0 saturated carbocycles. The van der Waals surface area contributed by atoms with Gasteiger partial charge < -0.3 is 16.0 Å². The molecule has 1 amide bonds. The van der Waals surface area contributed by atoms with E-state index in [9.17, 15) is 4.79 Å². The van der Waals surface area contributed by atoms with E-state index in [4.69, 9.17) is 5.73 Å². The molecule has 0 atom stereocenters. The lowest BCUT2D eigenvalue weighted by Crippen LogP contribution is -2.32. The smallest absolute Gasteiger partial charge is 0.220 e. The summed E-state index contributed by atoms with van der Waals surface area (Å²) in [6, 6.07) is 0. The van der Waals surface area contributed by atoms with Crippen LogP contribution in [0.5, 0.6) is 0 Å². The zero-order valence-corrected chi connectivity index (χ0v) is 12.8. The number of nitrogens with zero attached hydrogens (tertiary/aromatic N) is 1. The minimum absolute atomic E-state index is 0. The predicted octanol–water partition coefficient (Wildman–Crippen LogP) is 1.42. The molecule has 1 fully saturated rings. The third kappa shape index (κ3) is 8.97. The summed E-state index contributed by atoms with van der Waals surface area (Å²) in [5.41, 5.74) is 5.35. The number of nitrogens with one attached hydrogen (secondary N) is 1. The Balaban J connectivity index is 0. The van der Waals surface area contributed by atoms with Gasteiger partial charge in [0.15, 0.2) is 0 Å². The summed E-state index contributed by atoms with van der Waals surface area (Å²) in [5, 5.41) is 2.97. The molecule has 0 aliphatic carbocycles. The molecule has 4 nitrogen and oxygen atoms in total. The van der Waals surface area contributed by atoms with Crippen molar-refractivity contribution in [2.24, 2.45) is 11.7 Å². The fourth-order valence-corrected chi connectivity index (χ4v) is 2.12. The molecular formula is C12H27Cl2N3O. The SMILES string of the molecule is CN1CCC(CCNC(=O)CCCN)CC1.Cl.Cl. The van der Waals surface area contributed by atoms with Crippen molar-refractivity contribution in [3.63, 3.8) is 0 Å². The van der Waals surface area contributed by atoms with Gasteiger partial charge in [0, 0.05) is 13.0 Å². The van der Waals surface area contributed by atoms with Crippen molar-refractivity contribution in [3.05, 3.63) is 0 Å². The van der Waals surface area contributed by atoms with Gasteiger partial charge in [-0.15, -0.1) is 24.8 Å². The summed E-state index contributed by atoms with van der Waals surface area (Å²) < 4.78 is 0. The van der Waals surface area contributed by atoms with Gasteiger partial charge in [0.1, 0.15) is 0 Å². The van der Waals surface area contributed by atoms with Crippen molar-refractivity contribution < 1.29 is 4.79 Å². The van der Waals surface area contributed by atoms with Gasteiger partial charge in [0.05, 0.1) is 0 Å². The normalized spacial score (nSPS) is 16.6. The minimum Gasteiger partial charge on any atom is -0.356 e. The molecule has 0 bridgehead atoms. The first-order valence-corrected chi connectivity index (χ1v) is 6.37. The molecule has 1 aliphatic rings. The van der Waals surface area contributed by atoms with Crippen LogP contribution < -0.4 is 11.1 Å². The highest BCUT2D eigenvalue weighted by Gasteiger charge is 2.16. The van der Waals surface area contributed by atoms with E-state index >= 15 is 0 Å². The summed E-state index contributed by atoms with van der Waals surface area (Å²) in [4.78, 5) is 13.7. The van der Waals surface area contributed by atoms with Crippen molar-refractivity contribution in [1.82, 2.24) is 10.2 Å². The van der Waals surface area contributed by atoms with Gasteiger partial charge >= 0.3 is 0 Å². The van der Waals surface area contributed by atoms with Gasteiger partial charge in [0.25, 0.3) is 0 Å². The molecule has 6 heteroatoms. The quantitative estimate of drug-likeness (QED) is 0.780. The number of nitrogens with two attached hydrogens (primary N) is 1. The van der Waals surface area contributed by atoms with Crippen molar-refractivity contribution in [3.8, 4) is 0 Å². The summed E-state index contributed by atoms with van der Waals surface area (Å²) >= 11 is 0. The van der Waals surface area contributed by atoms with Crippen LogP contribution in [0.1, 0.15) is 32.1 Å². The maximum Gasteiger partial charge on any atom is 0.220 e. The molecule has 0 spiro atoms. The maximum atomic E-state index is 11.3. The van der Waals surface area contributed by atoms with Gasteiger partial charge in [0.2, 0.25) is 5.91 Å². The third-order valence-electron chi connectivity index (χ3n) is 3.32. The van der Waals surface area contributed by atoms with Gasteiger partial charge in [-0.1, -0.05) is 0 Å². The van der Waals surface area contributed by atoms with Crippen molar-refractivity contribution in [1.29, 1.82) is 0 Å². The average Bonchev–Trinajstić information content (AvgIpc) is 2.29. The Morgan fingerprint density at radius 1 is 1.33 bits per heavy atom. The summed E-state index contributed by atoms with van der Waals surface area (Å²) in [6.07, 6.45) is 5.04. The Morgan fingerprint density at radius 2 is 1.94 bits per heavy atom. The minimum atomic E-state index is 0. The predicted molar refractivity (Wildman–Crippen MR) is 80.6 cm³/mol. The lowest BCUT2D eigenvalue weighted by atomic mass is 9.94. The Labute approximate surface area is 123 Å². The van der Waals surface area contributed by atoms with Gasteiger partial charge in [-0.25, -0.2) is 0 Å². The number of hydrogen-bond acceptors (Lipinski definition) is 3. The average molecular weight is 300 g/mol. The summed E-state index contributed by atoms with van der Waals surface area (Å²) in [5.74, 6) is 0.949. The molecule has 0 aromatic heterocycles. The second-order valence-electron chi connectivity index (χ2n) is 4.78. The molecule has 1 heterocycles. The molecule has 110 valence electrons. The lowest BCUT2D eigenvalue weighted by molar-refractivity contribution is -0.121. The topological polar surface area (TPSA) is 58.4 Å². The van der Waals surface area contributed by atoms with E-state index in [2.05, 4.69) is 17.3 Å².